The first kappa shape index (κ1) is 14.6. The fourth-order valence-electron chi connectivity index (χ4n) is 1.27. The lowest BCUT2D eigenvalue weighted by Crippen LogP contribution is -2.20. The minimum absolute atomic E-state index is 0.00786. The van der Waals surface area contributed by atoms with E-state index in [1.807, 2.05) is 6.08 Å². The Morgan fingerprint density at radius 2 is 2.26 bits per heavy atom. The van der Waals surface area contributed by atoms with E-state index in [4.69, 9.17) is 5.73 Å². The largest absolute Gasteiger partial charge is 0.464 e. The van der Waals surface area contributed by atoms with Crippen molar-refractivity contribution in [2.24, 2.45) is 0 Å². The van der Waals surface area contributed by atoms with Crippen LogP contribution in [0, 0.1) is 0 Å². The molecule has 3 N–H and O–H groups in total. The van der Waals surface area contributed by atoms with Crippen molar-refractivity contribution in [1.82, 2.24) is 15.3 Å². The van der Waals surface area contributed by atoms with Crippen LogP contribution in [0.4, 0.5) is 5.82 Å². The number of carbonyl (C=O) groups excluding carboxylic acids is 2. The molecule has 0 unspecified atom stereocenters. The molecule has 0 saturated heterocycles. The van der Waals surface area contributed by atoms with Crippen LogP contribution < -0.4 is 11.1 Å². The lowest BCUT2D eigenvalue weighted by molar-refractivity contribution is -0.118. The number of hydrogen-bond donors (Lipinski definition) is 2. The molecule has 0 fully saturated rings. The number of nitrogens with one attached hydrogen (secondary N) is 1. The van der Waals surface area contributed by atoms with E-state index in [1.54, 1.807) is 6.08 Å². The number of nitrogens with two attached hydrogens (primary N) is 1. The Labute approximate surface area is 110 Å². The Balaban J connectivity index is 2.66. The van der Waals surface area contributed by atoms with Gasteiger partial charge in [-0.2, -0.15) is 0 Å². The maximum atomic E-state index is 11.4. The van der Waals surface area contributed by atoms with Crippen LogP contribution in [0.5, 0.6) is 0 Å². The maximum Gasteiger partial charge on any atom is 0.360 e. The molecule has 0 aliphatic heterocycles. The van der Waals surface area contributed by atoms with Gasteiger partial charge in [0.1, 0.15) is 0 Å². The summed E-state index contributed by atoms with van der Waals surface area (Å²) in [6.07, 6.45) is 5.62. The van der Waals surface area contributed by atoms with E-state index in [9.17, 15) is 9.59 Å². The first-order valence-corrected chi connectivity index (χ1v) is 5.66. The van der Waals surface area contributed by atoms with Gasteiger partial charge >= 0.3 is 5.97 Å². The molecule has 0 radical (unpaired) electrons. The van der Waals surface area contributed by atoms with E-state index in [0.29, 0.717) is 18.7 Å². The van der Waals surface area contributed by atoms with E-state index in [2.05, 4.69) is 20.0 Å². The summed E-state index contributed by atoms with van der Waals surface area (Å²) in [6, 6.07) is 0. The van der Waals surface area contributed by atoms with E-state index in [0.717, 1.165) is 0 Å². The number of rotatable bonds is 5. The lowest BCUT2D eigenvalue weighted by Gasteiger charge is -2.02. The molecule has 1 heterocycles. The second kappa shape index (κ2) is 7.10. The second-order valence-electron chi connectivity index (χ2n) is 3.69. The summed E-state index contributed by atoms with van der Waals surface area (Å²) in [4.78, 5) is 29.9. The average molecular weight is 264 g/mol. The lowest BCUT2D eigenvalue weighted by atomic mass is 10.3. The zero-order valence-corrected chi connectivity index (χ0v) is 10.8. The molecule has 7 nitrogen and oxygen atoms in total. The number of hydrogen-bond acceptors (Lipinski definition) is 6. The quantitative estimate of drug-likeness (QED) is 0.588. The zero-order valence-electron chi connectivity index (χ0n) is 10.8. The molecule has 1 rings (SSSR count). The zero-order chi connectivity index (χ0) is 14.3. The molecule has 102 valence electrons. The molecule has 1 amide bonds. The van der Waals surface area contributed by atoms with Crippen LogP contribution in [0.15, 0.2) is 12.3 Å². The summed E-state index contributed by atoms with van der Waals surface area (Å²) >= 11 is 0. The summed E-state index contributed by atoms with van der Waals surface area (Å²) < 4.78 is 4.55. The number of amides is 1. The monoisotopic (exact) mass is 264 g/mol. The van der Waals surface area contributed by atoms with E-state index in [-0.39, 0.29) is 17.4 Å². The maximum absolute atomic E-state index is 11.4. The highest BCUT2D eigenvalue weighted by Gasteiger charge is 2.13. The first-order chi connectivity index (χ1) is 9.04. The molecule has 0 aliphatic rings. The topological polar surface area (TPSA) is 107 Å². The SMILES string of the molecule is COC(=O)c1nc(C=CCCNC(C)=O)cnc1N. The first-order valence-electron chi connectivity index (χ1n) is 5.66. The van der Waals surface area contributed by atoms with Crippen molar-refractivity contribution in [3.63, 3.8) is 0 Å². The molecule has 0 saturated carbocycles. The van der Waals surface area contributed by atoms with Gasteiger partial charge in [0.05, 0.1) is 19.0 Å². The van der Waals surface area contributed by atoms with Gasteiger partial charge < -0.3 is 15.8 Å². The van der Waals surface area contributed by atoms with Gasteiger partial charge in [-0.05, 0) is 12.5 Å². The number of anilines is 1. The Hall–Kier alpha value is -2.44. The van der Waals surface area contributed by atoms with Gasteiger partial charge in [-0.25, -0.2) is 14.8 Å². The van der Waals surface area contributed by atoms with Crippen molar-refractivity contribution in [1.29, 1.82) is 0 Å². The third-order valence-electron chi connectivity index (χ3n) is 2.17. The number of methoxy groups -OCH3 is 1. The van der Waals surface area contributed by atoms with Crippen molar-refractivity contribution in [3.05, 3.63) is 23.7 Å². The molecular weight excluding hydrogens is 248 g/mol. The molecule has 1 aromatic rings. The number of aromatic nitrogens is 2. The standard InChI is InChI=1S/C12H16N4O3/c1-8(17)14-6-4-3-5-9-7-15-11(13)10(16-9)12(18)19-2/h3,5,7H,4,6H2,1-2H3,(H2,13,15)(H,14,17). The summed E-state index contributed by atoms with van der Waals surface area (Å²) in [5, 5.41) is 2.66. The Morgan fingerprint density at radius 1 is 1.53 bits per heavy atom. The average Bonchev–Trinajstić information content (AvgIpc) is 2.39. The number of nitrogen functional groups attached to an aromatic ring is 1. The van der Waals surface area contributed by atoms with Crippen molar-refractivity contribution in [2.45, 2.75) is 13.3 Å². The molecule has 0 spiro atoms. The van der Waals surface area contributed by atoms with Gasteiger partial charge in [0.25, 0.3) is 0 Å². The molecule has 19 heavy (non-hydrogen) atoms. The Kier molecular flexibility index (Phi) is 5.46. The number of nitrogens with zero attached hydrogens (tertiary/aromatic N) is 2. The third kappa shape index (κ3) is 4.74. The van der Waals surface area contributed by atoms with Crippen molar-refractivity contribution >= 4 is 23.8 Å². The van der Waals surface area contributed by atoms with E-state index < -0.39 is 5.97 Å². The molecule has 1 aromatic heterocycles. The number of ether oxygens (including phenoxy) is 1. The van der Waals surface area contributed by atoms with Crippen LogP contribution in [0.3, 0.4) is 0 Å². The van der Waals surface area contributed by atoms with Crippen molar-refractivity contribution in [3.8, 4) is 0 Å². The van der Waals surface area contributed by atoms with Crippen LogP contribution in [0.25, 0.3) is 6.08 Å². The highest BCUT2D eigenvalue weighted by Crippen LogP contribution is 2.08. The molecule has 0 aromatic carbocycles. The summed E-state index contributed by atoms with van der Waals surface area (Å²) in [5.74, 6) is -0.672. The molecule has 7 heteroatoms. The van der Waals surface area contributed by atoms with Gasteiger partial charge in [0.15, 0.2) is 11.5 Å². The minimum Gasteiger partial charge on any atom is -0.464 e. The van der Waals surface area contributed by atoms with Crippen LogP contribution in [-0.4, -0.2) is 35.5 Å². The fraction of sp³-hybridized carbons (Fsp3) is 0.333. The van der Waals surface area contributed by atoms with E-state index in [1.165, 1.54) is 20.2 Å². The highest BCUT2D eigenvalue weighted by atomic mass is 16.5. The highest BCUT2D eigenvalue weighted by molar-refractivity contribution is 5.91. The van der Waals surface area contributed by atoms with Gasteiger partial charge in [-0.15, -0.1) is 0 Å². The van der Waals surface area contributed by atoms with Crippen LogP contribution in [0.1, 0.15) is 29.5 Å². The second-order valence-corrected chi connectivity index (χ2v) is 3.69. The Morgan fingerprint density at radius 3 is 2.89 bits per heavy atom. The molecule has 0 bridgehead atoms. The summed E-state index contributed by atoms with van der Waals surface area (Å²) in [6.45, 7) is 2.00. The fourth-order valence-corrected chi connectivity index (χ4v) is 1.27. The summed E-state index contributed by atoms with van der Waals surface area (Å²) in [5.41, 5.74) is 6.02. The predicted molar refractivity (Wildman–Crippen MR) is 70.1 cm³/mol. The van der Waals surface area contributed by atoms with Crippen molar-refractivity contribution < 1.29 is 14.3 Å². The van der Waals surface area contributed by atoms with Gasteiger partial charge in [0, 0.05) is 13.5 Å². The molecule has 0 aliphatic carbocycles. The van der Waals surface area contributed by atoms with Crippen molar-refractivity contribution in [2.75, 3.05) is 19.4 Å². The number of esters is 1. The van der Waals surface area contributed by atoms with Crippen LogP contribution >= 0.6 is 0 Å². The van der Waals surface area contributed by atoms with E-state index >= 15 is 0 Å². The third-order valence-corrected chi connectivity index (χ3v) is 2.17. The summed E-state index contributed by atoms with van der Waals surface area (Å²) in [7, 11) is 1.25. The molecule has 0 atom stereocenters. The Bertz CT molecular complexity index is 500. The predicted octanol–water partition coefficient (Wildman–Crippen LogP) is 0.385. The number of carbonyl (C=O) groups is 2. The minimum atomic E-state index is -0.626. The van der Waals surface area contributed by atoms with Gasteiger partial charge in [-0.3, -0.25) is 4.79 Å². The molecular formula is C12H16N4O3. The van der Waals surface area contributed by atoms with Gasteiger partial charge in [0.2, 0.25) is 5.91 Å². The normalized spacial score (nSPS) is 10.4. The van der Waals surface area contributed by atoms with Crippen LogP contribution in [0.2, 0.25) is 0 Å². The van der Waals surface area contributed by atoms with Gasteiger partial charge in [-0.1, -0.05) is 6.08 Å². The van der Waals surface area contributed by atoms with Crippen LogP contribution in [-0.2, 0) is 9.53 Å². The smallest absolute Gasteiger partial charge is 0.360 e.